The molecular formula is C16H11F3N4O4. The van der Waals surface area contributed by atoms with Crippen molar-refractivity contribution < 1.29 is 23.0 Å². The number of imidazole rings is 1. The molecule has 0 unspecified atom stereocenters. The van der Waals surface area contributed by atoms with Crippen LogP contribution < -0.4 is 0 Å². The van der Waals surface area contributed by atoms with Gasteiger partial charge in [0.2, 0.25) is 0 Å². The second kappa shape index (κ2) is 8.08. The van der Waals surface area contributed by atoms with Crippen LogP contribution in [-0.4, -0.2) is 19.4 Å². The van der Waals surface area contributed by atoms with Gasteiger partial charge in [-0.3, -0.25) is 20.2 Å². The third kappa shape index (κ3) is 4.87. The molecule has 0 radical (unpaired) electrons. The molecule has 0 fully saturated rings. The van der Waals surface area contributed by atoms with Crippen molar-refractivity contribution in [2.45, 2.75) is 6.92 Å². The highest BCUT2D eigenvalue weighted by Gasteiger charge is 2.12. The van der Waals surface area contributed by atoms with Gasteiger partial charge in [0.15, 0.2) is 17.5 Å². The van der Waals surface area contributed by atoms with Crippen molar-refractivity contribution in [1.29, 1.82) is 0 Å². The van der Waals surface area contributed by atoms with Crippen LogP contribution >= 0.6 is 0 Å². The monoisotopic (exact) mass is 380 g/mol. The molecule has 0 bridgehead atoms. The zero-order valence-electron chi connectivity index (χ0n) is 13.7. The summed E-state index contributed by atoms with van der Waals surface area (Å²) in [5.41, 5.74) is 0.269. The van der Waals surface area contributed by atoms with Crippen molar-refractivity contribution in [3.63, 3.8) is 0 Å². The number of aryl methyl sites for hydroxylation is 1. The fourth-order valence-electron chi connectivity index (χ4n) is 1.97. The Balaban J connectivity index is 0.000000208. The normalized spacial score (nSPS) is 10.1. The van der Waals surface area contributed by atoms with Gasteiger partial charge < -0.3 is 4.57 Å². The molecule has 11 heteroatoms. The Morgan fingerprint density at radius 3 is 1.89 bits per heavy atom. The van der Waals surface area contributed by atoms with Crippen molar-refractivity contribution in [2.75, 3.05) is 0 Å². The van der Waals surface area contributed by atoms with Crippen LogP contribution in [-0.2, 0) is 0 Å². The molecule has 3 rings (SSSR count). The Morgan fingerprint density at radius 1 is 0.889 bits per heavy atom. The fraction of sp³-hybridized carbons (Fsp3) is 0.0625. The van der Waals surface area contributed by atoms with Crippen molar-refractivity contribution in [3.8, 4) is 5.69 Å². The van der Waals surface area contributed by atoms with Gasteiger partial charge in [0.25, 0.3) is 11.4 Å². The minimum Gasteiger partial charge on any atom is -0.303 e. The fourth-order valence-corrected chi connectivity index (χ4v) is 1.97. The first-order chi connectivity index (χ1) is 12.7. The quantitative estimate of drug-likeness (QED) is 0.503. The van der Waals surface area contributed by atoms with Crippen LogP contribution in [0.5, 0.6) is 0 Å². The number of hydrogen-bond donors (Lipinski definition) is 0. The highest BCUT2D eigenvalue weighted by atomic mass is 19.2. The molecule has 0 N–H and O–H groups in total. The van der Waals surface area contributed by atoms with E-state index in [1.165, 1.54) is 23.0 Å². The highest BCUT2D eigenvalue weighted by Crippen LogP contribution is 2.19. The van der Waals surface area contributed by atoms with Gasteiger partial charge in [-0.1, -0.05) is 0 Å². The first-order valence-corrected chi connectivity index (χ1v) is 7.23. The number of aromatic nitrogens is 2. The Labute approximate surface area is 149 Å². The summed E-state index contributed by atoms with van der Waals surface area (Å²) in [5.74, 6) is -2.94. The summed E-state index contributed by atoms with van der Waals surface area (Å²) in [6.45, 7) is 1.78. The van der Waals surface area contributed by atoms with E-state index < -0.39 is 33.0 Å². The van der Waals surface area contributed by atoms with Gasteiger partial charge in [-0.25, -0.2) is 18.2 Å². The number of nitro benzene ring substituents is 2. The largest absolute Gasteiger partial charge is 0.303 e. The summed E-state index contributed by atoms with van der Waals surface area (Å²) in [4.78, 5) is 22.9. The SMILES string of the molecule is Cc1cn(-c2ccc([N+](=O)[O-])cc2F)cn1.O=[N+]([O-])c1ccc(F)c(F)c1. The maximum absolute atomic E-state index is 13.6. The van der Waals surface area contributed by atoms with Crippen molar-refractivity contribution in [3.05, 3.63) is 92.3 Å². The van der Waals surface area contributed by atoms with E-state index >= 15 is 0 Å². The minimum atomic E-state index is -1.21. The summed E-state index contributed by atoms with van der Waals surface area (Å²) < 4.78 is 39.5. The molecule has 2 aromatic carbocycles. The topological polar surface area (TPSA) is 104 Å². The molecule has 140 valence electrons. The number of hydrogen-bond acceptors (Lipinski definition) is 5. The van der Waals surface area contributed by atoms with Gasteiger partial charge in [0.05, 0.1) is 39.7 Å². The van der Waals surface area contributed by atoms with Crippen LogP contribution in [0, 0.1) is 44.6 Å². The molecular weight excluding hydrogens is 369 g/mol. The number of nitro groups is 2. The van der Waals surface area contributed by atoms with E-state index in [-0.39, 0.29) is 11.4 Å². The standard InChI is InChI=1S/C10H8FN3O2.C6H3F2NO2/c1-7-5-13(6-12-7)10-3-2-8(14(15)16)4-9(10)11;7-5-2-1-4(9(10)11)3-6(5)8/h2-6H,1H3;1-3H. The smallest absolute Gasteiger partial charge is 0.272 e. The number of non-ortho nitro benzene ring substituents is 2. The highest BCUT2D eigenvalue weighted by molar-refractivity contribution is 5.42. The van der Waals surface area contributed by atoms with E-state index in [2.05, 4.69) is 4.98 Å². The summed E-state index contributed by atoms with van der Waals surface area (Å²) in [6, 6.07) is 5.66. The van der Waals surface area contributed by atoms with Gasteiger partial charge in [0.1, 0.15) is 0 Å². The Morgan fingerprint density at radius 2 is 1.44 bits per heavy atom. The van der Waals surface area contributed by atoms with Gasteiger partial charge in [-0.05, 0) is 19.1 Å². The molecule has 0 saturated heterocycles. The lowest BCUT2D eigenvalue weighted by Crippen LogP contribution is -1.96. The van der Waals surface area contributed by atoms with Gasteiger partial charge >= 0.3 is 0 Å². The molecule has 27 heavy (non-hydrogen) atoms. The molecule has 0 aliphatic carbocycles. The van der Waals surface area contributed by atoms with Crippen LogP contribution in [0.15, 0.2) is 48.9 Å². The lowest BCUT2D eigenvalue weighted by molar-refractivity contribution is -0.385. The molecule has 0 spiro atoms. The van der Waals surface area contributed by atoms with E-state index in [0.717, 1.165) is 17.8 Å². The van der Waals surface area contributed by atoms with E-state index in [1.54, 1.807) is 13.1 Å². The molecule has 0 amide bonds. The Kier molecular flexibility index (Phi) is 5.85. The number of nitrogens with zero attached hydrogens (tertiary/aromatic N) is 4. The van der Waals surface area contributed by atoms with Crippen LogP contribution in [0.3, 0.4) is 0 Å². The van der Waals surface area contributed by atoms with Crippen LogP contribution in [0.4, 0.5) is 24.5 Å². The lowest BCUT2D eigenvalue weighted by Gasteiger charge is -2.02. The summed E-state index contributed by atoms with van der Waals surface area (Å²) >= 11 is 0. The van der Waals surface area contributed by atoms with Crippen LogP contribution in [0.1, 0.15) is 5.69 Å². The van der Waals surface area contributed by atoms with Crippen molar-refractivity contribution in [1.82, 2.24) is 9.55 Å². The molecule has 1 heterocycles. The molecule has 8 nitrogen and oxygen atoms in total. The van der Waals surface area contributed by atoms with Gasteiger partial charge in [0, 0.05) is 18.3 Å². The molecule has 3 aromatic rings. The van der Waals surface area contributed by atoms with E-state index in [9.17, 15) is 33.4 Å². The number of benzene rings is 2. The van der Waals surface area contributed by atoms with Crippen LogP contribution in [0.25, 0.3) is 5.69 Å². The van der Waals surface area contributed by atoms with E-state index in [0.29, 0.717) is 12.1 Å². The van der Waals surface area contributed by atoms with Crippen molar-refractivity contribution in [2.24, 2.45) is 0 Å². The van der Waals surface area contributed by atoms with Gasteiger partial charge in [-0.2, -0.15) is 0 Å². The predicted octanol–water partition coefficient (Wildman–Crippen LogP) is 4.10. The predicted molar refractivity (Wildman–Crippen MR) is 87.9 cm³/mol. The maximum Gasteiger partial charge on any atom is 0.272 e. The molecule has 0 aliphatic rings. The maximum atomic E-state index is 13.6. The lowest BCUT2D eigenvalue weighted by atomic mass is 10.2. The van der Waals surface area contributed by atoms with Crippen molar-refractivity contribution >= 4 is 11.4 Å². The second-order valence-corrected chi connectivity index (χ2v) is 5.17. The first kappa shape index (κ1) is 19.6. The third-order valence-corrected chi connectivity index (χ3v) is 3.25. The molecule has 0 atom stereocenters. The summed E-state index contributed by atoms with van der Waals surface area (Å²) in [6.07, 6.45) is 3.10. The van der Waals surface area contributed by atoms with Crippen LogP contribution in [0.2, 0.25) is 0 Å². The first-order valence-electron chi connectivity index (χ1n) is 7.23. The molecule has 0 saturated carbocycles. The summed E-state index contributed by atoms with van der Waals surface area (Å²) in [7, 11) is 0. The average Bonchev–Trinajstić information content (AvgIpc) is 3.03. The summed E-state index contributed by atoms with van der Waals surface area (Å²) in [5, 5.41) is 20.4. The number of halogens is 3. The third-order valence-electron chi connectivity index (χ3n) is 3.25. The Hall–Kier alpha value is -3.76. The number of rotatable bonds is 3. The van der Waals surface area contributed by atoms with E-state index in [1.807, 2.05) is 0 Å². The molecule has 0 aliphatic heterocycles. The minimum absolute atomic E-state index is 0.242. The Bertz CT molecular complexity index is 1010. The molecule has 1 aromatic heterocycles. The second-order valence-electron chi connectivity index (χ2n) is 5.17. The van der Waals surface area contributed by atoms with E-state index in [4.69, 9.17) is 0 Å². The van der Waals surface area contributed by atoms with Gasteiger partial charge in [-0.15, -0.1) is 0 Å². The average molecular weight is 380 g/mol. The zero-order chi connectivity index (χ0) is 20.1. The zero-order valence-corrected chi connectivity index (χ0v) is 13.7.